The topological polar surface area (TPSA) is 9.86 Å². The molecule has 302 valence electrons. The van der Waals surface area contributed by atoms with Crippen LogP contribution in [0.5, 0.6) is 0 Å². The van der Waals surface area contributed by atoms with E-state index in [0.717, 1.165) is 0 Å². The molecule has 3 heteroatoms. The summed E-state index contributed by atoms with van der Waals surface area (Å²) < 4.78 is 5.46. The van der Waals surface area contributed by atoms with Crippen molar-refractivity contribution in [2.24, 2.45) is 0 Å². The Bertz CT molecular complexity index is 3310. The molecule has 0 saturated heterocycles. The van der Waals surface area contributed by atoms with Gasteiger partial charge in [0.1, 0.15) is 0 Å². The lowest BCUT2D eigenvalue weighted by Gasteiger charge is -2.37. The van der Waals surface area contributed by atoms with Crippen LogP contribution >= 0.6 is 0 Å². The first kappa shape index (κ1) is 38.2. The Kier molecular flexibility index (Phi) is 7.76. The summed E-state index contributed by atoms with van der Waals surface area (Å²) in [6, 6.07) is 49.8. The smallest absolute Gasteiger partial charge is 0.333 e. The number of hydrogen-bond acceptors (Lipinski definition) is 0. The van der Waals surface area contributed by atoms with E-state index in [1.807, 2.05) is 0 Å². The highest BCUT2D eigenvalue weighted by atomic mass is 15.0. The molecule has 2 aromatic heterocycles. The van der Waals surface area contributed by atoms with Gasteiger partial charge in [-0.15, -0.1) is 0 Å². The average Bonchev–Trinajstić information content (AvgIpc) is 3.72. The Balaban J connectivity index is 1.44. The van der Waals surface area contributed by atoms with E-state index in [1.165, 1.54) is 116 Å². The second kappa shape index (κ2) is 12.4. The van der Waals surface area contributed by atoms with Crippen molar-refractivity contribution in [3.05, 3.63) is 150 Å². The predicted octanol–water partition coefficient (Wildman–Crippen LogP) is 14.4. The maximum absolute atomic E-state index is 2.78. The molecule has 2 nitrogen and oxygen atoms in total. The summed E-state index contributed by atoms with van der Waals surface area (Å²) in [6.45, 7) is 28.2. The standard InChI is InChI=1S/C58H57BN2/c1-55(2,3)36-23-25-48-42(27-36)45-30-39(58(10,11)12)32-47-53(45)60(48)54-41(35-21-17-14-18-22-35)33-40(34-19-15-13-16-20-34)50-46-31-38(57(7,8)9)29-44-43-28-37(56(4,5)6)24-26-49(43)61(52(44)46)59(47)51(50)54/h13-33H,1-12H3. The maximum atomic E-state index is 2.78. The van der Waals surface area contributed by atoms with E-state index in [-0.39, 0.29) is 28.5 Å². The number of rotatable bonds is 2. The van der Waals surface area contributed by atoms with Crippen LogP contribution in [0.2, 0.25) is 0 Å². The van der Waals surface area contributed by atoms with Crippen LogP contribution in [0.15, 0.2) is 127 Å². The Labute approximate surface area is 362 Å². The Hall–Kier alpha value is -5.80. The van der Waals surface area contributed by atoms with E-state index < -0.39 is 0 Å². The lowest BCUT2D eigenvalue weighted by Crippen LogP contribution is -2.56. The fraction of sp³-hybridized carbons (Fsp3) is 0.276. The molecule has 0 fully saturated rings. The highest BCUT2D eigenvalue weighted by Gasteiger charge is 2.45. The number of benzene rings is 7. The fourth-order valence-electron chi connectivity index (χ4n) is 10.7. The highest BCUT2D eigenvalue weighted by Crippen LogP contribution is 2.51. The van der Waals surface area contributed by atoms with Gasteiger partial charge in [0, 0.05) is 43.7 Å². The molecule has 0 unspecified atom stereocenters. The van der Waals surface area contributed by atoms with Crippen LogP contribution in [0.25, 0.3) is 82.7 Å². The van der Waals surface area contributed by atoms with Crippen molar-refractivity contribution in [3.8, 4) is 39.1 Å². The van der Waals surface area contributed by atoms with Gasteiger partial charge < -0.3 is 9.05 Å². The normalized spacial score (nSPS) is 13.9. The van der Waals surface area contributed by atoms with E-state index in [1.54, 1.807) is 0 Å². The number of fused-ring (bicyclic) bond motifs is 10. The number of aromatic nitrogens is 2. The third kappa shape index (κ3) is 5.48. The highest BCUT2D eigenvalue weighted by molar-refractivity contribution is 6.90. The van der Waals surface area contributed by atoms with Crippen LogP contribution < -0.4 is 10.9 Å². The Morgan fingerprint density at radius 2 is 0.869 bits per heavy atom. The zero-order valence-corrected chi connectivity index (χ0v) is 38.1. The third-order valence-corrected chi connectivity index (χ3v) is 14.1. The largest absolute Gasteiger partial charge is 0.375 e. The summed E-state index contributed by atoms with van der Waals surface area (Å²) in [7, 11) is 0. The maximum Gasteiger partial charge on any atom is 0.333 e. The van der Waals surface area contributed by atoms with Gasteiger partial charge in [0.05, 0.1) is 16.7 Å². The molecule has 2 aliphatic heterocycles. The molecule has 2 aliphatic rings. The first-order valence-electron chi connectivity index (χ1n) is 22.4. The van der Waals surface area contributed by atoms with Gasteiger partial charge in [0.2, 0.25) is 0 Å². The Morgan fingerprint density at radius 3 is 1.43 bits per heavy atom. The second-order valence-corrected chi connectivity index (χ2v) is 22.3. The molecule has 0 saturated carbocycles. The zero-order valence-electron chi connectivity index (χ0n) is 38.1. The van der Waals surface area contributed by atoms with Gasteiger partial charge in [0.25, 0.3) is 0 Å². The van der Waals surface area contributed by atoms with E-state index in [0.29, 0.717) is 0 Å². The van der Waals surface area contributed by atoms with E-state index in [4.69, 9.17) is 0 Å². The molecule has 0 atom stereocenters. The summed E-state index contributed by atoms with van der Waals surface area (Å²) in [4.78, 5) is 0. The number of nitrogens with zero attached hydrogens (tertiary/aromatic N) is 2. The summed E-state index contributed by atoms with van der Waals surface area (Å²) in [5.74, 6) is 0. The summed E-state index contributed by atoms with van der Waals surface area (Å²) in [5, 5.41) is 5.38. The lowest BCUT2D eigenvalue weighted by atomic mass is 9.44. The molecule has 4 heterocycles. The molecule has 9 aromatic rings. The van der Waals surface area contributed by atoms with E-state index in [2.05, 4.69) is 220 Å². The van der Waals surface area contributed by atoms with E-state index in [9.17, 15) is 0 Å². The first-order chi connectivity index (χ1) is 28.8. The van der Waals surface area contributed by atoms with Crippen molar-refractivity contribution in [2.45, 2.75) is 105 Å². The first-order valence-corrected chi connectivity index (χ1v) is 22.4. The van der Waals surface area contributed by atoms with Gasteiger partial charge in [-0.3, -0.25) is 0 Å². The van der Waals surface area contributed by atoms with Gasteiger partial charge in [-0.2, -0.15) is 0 Å². The molecule has 0 aliphatic carbocycles. The van der Waals surface area contributed by atoms with Gasteiger partial charge in [-0.25, -0.2) is 0 Å². The molecule has 61 heavy (non-hydrogen) atoms. The van der Waals surface area contributed by atoms with Gasteiger partial charge in [-0.05, 0) is 126 Å². The molecule has 7 aromatic carbocycles. The SMILES string of the molecule is CC(C)(C)c1ccc2c(c1)c1cc(C(C)(C)C)cc3c1n2B1c2c-3c(-c3ccccc3)cc(-c3ccccc3)c2-n2c3ccc(C(C)(C)C)cc3c3cc(C(C)(C)C)cc1c32. The molecular weight excluding hydrogens is 735 g/mol. The monoisotopic (exact) mass is 792 g/mol. The second-order valence-electron chi connectivity index (χ2n) is 22.3. The van der Waals surface area contributed by atoms with Crippen LogP contribution in [0, 0.1) is 0 Å². The zero-order chi connectivity index (χ0) is 42.7. The van der Waals surface area contributed by atoms with Crippen molar-refractivity contribution in [3.63, 3.8) is 0 Å². The van der Waals surface area contributed by atoms with Crippen molar-refractivity contribution in [2.75, 3.05) is 0 Å². The minimum absolute atomic E-state index is 0.0115. The van der Waals surface area contributed by atoms with Crippen LogP contribution in [0.4, 0.5) is 0 Å². The summed E-state index contributed by atoms with van der Waals surface area (Å²) in [6.07, 6.45) is 0. The van der Waals surface area contributed by atoms with Gasteiger partial charge in [-0.1, -0.05) is 162 Å². The molecule has 0 bridgehead atoms. The van der Waals surface area contributed by atoms with Crippen molar-refractivity contribution in [1.82, 2.24) is 9.05 Å². The average molecular weight is 793 g/mol. The van der Waals surface area contributed by atoms with Crippen molar-refractivity contribution in [1.29, 1.82) is 0 Å². The number of hydrogen-bond donors (Lipinski definition) is 0. The van der Waals surface area contributed by atoms with Crippen molar-refractivity contribution >= 4 is 61.4 Å². The van der Waals surface area contributed by atoms with E-state index >= 15 is 0 Å². The summed E-state index contributed by atoms with van der Waals surface area (Å²) >= 11 is 0. The van der Waals surface area contributed by atoms with Gasteiger partial charge in [0.15, 0.2) is 0 Å². The van der Waals surface area contributed by atoms with Crippen LogP contribution in [-0.4, -0.2) is 15.9 Å². The molecular formula is C58H57BN2. The molecule has 0 N–H and O–H groups in total. The molecule has 11 rings (SSSR count). The lowest BCUT2D eigenvalue weighted by molar-refractivity contribution is 0.590. The quantitative estimate of drug-likeness (QED) is 0.154. The van der Waals surface area contributed by atoms with Crippen molar-refractivity contribution < 1.29 is 0 Å². The van der Waals surface area contributed by atoms with Crippen LogP contribution in [0.1, 0.15) is 105 Å². The molecule has 0 spiro atoms. The van der Waals surface area contributed by atoms with Crippen LogP contribution in [0.3, 0.4) is 0 Å². The van der Waals surface area contributed by atoms with Gasteiger partial charge >= 0.3 is 6.85 Å². The Morgan fingerprint density at radius 1 is 0.393 bits per heavy atom. The molecule has 0 radical (unpaired) electrons. The predicted molar refractivity (Wildman–Crippen MR) is 265 cm³/mol. The minimum Gasteiger partial charge on any atom is -0.375 e. The molecule has 0 amide bonds. The summed E-state index contributed by atoms with van der Waals surface area (Å²) in [5.41, 5.74) is 22.4. The fourth-order valence-corrected chi connectivity index (χ4v) is 10.7. The third-order valence-electron chi connectivity index (χ3n) is 14.1. The van der Waals surface area contributed by atoms with Crippen LogP contribution in [-0.2, 0) is 21.7 Å². The minimum atomic E-state index is -0.0618.